The number of thioether (sulfide) groups is 1. The van der Waals surface area contributed by atoms with E-state index in [0.717, 1.165) is 35.5 Å². The first-order chi connectivity index (χ1) is 7.99. The van der Waals surface area contributed by atoms with Gasteiger partial charge in [0.2, 0.25) is 0 Å². The summed E-state index contributed by atoms with van der Waals surface area (Å²) in [5.74, 6) is 0.761. The molecule has 0 aromatic heterocycles. The Balaban J connectivity index is 2.20. The normalized spacial score (nSPS) is 28.6. The molecule has 0 saturated carbocycles. The third-order valence-corrected chi connectivity index (χ3v) is 4.59. The molecule has 0 aromatic rings. The summed E-state index contributed by atoms with van der Waals surface area (Å²) in [5.41, 5.74) is 0. The topological polar surface area (TPSA) is 15.3 Å². The van der Waals surface area contributed by atoms with Crippen LogP contribution in [-0.2, 0) is 0 Å². The summed E-state index contributed by atoms with van der Waals surface area (Å²) in [6, 6.07) is 0.723. The minimum Gasteiger partial charge on any atom is -0.316 e. The third-order valence-electron chi connectivity index (χ3n) is 3.36. The molecule has 0 aliphatic carbocycles. The molecule has 17 heavy (non-hydrogen) atoms. The molecule has 1 heterocycles. The van der Waals surface area contributed by atoms with Crippen molar-refractivity contribution in [1.29, 1.82) is 0 Å². The van der Waals surface area contributed by atoms with Gasteiger partial charge in [-0.15, -0.1) is 0 Å². The van der Waals surface area contributed by atoms with Crippen LogP contribution in [0.5, 0.6) is 0 Å². The number of nitrogens with zero attached hydrogens (tertiary/aromatic N) is 1. The highest BCUT2D eigenvalue weighted by molar-refractivity contribution is 8.00. The lowest BCUT2D eigenvalue weighted by Crippen LogP contribution is -2.46. The highest BCUT2D eigenvalue weighted by Crippen LogP contribution is 2.26. The molecule has 1 rings (SSSR count). The zero-order chi connectivity index (χ0) is 12.8. The van der Waals surface area contributed by atoms with Crippen LogP contribution in [0.15, 0.2) is 0 Å². The lowest BCUT2D eigenvalue weighted by atomic mass is 10.1. The van der Waals surface area contributed by atoms with Gasteiger partial charge < -0.3 is 5.32 Å². The summed E-state index contributed by atoms with van der Waals surface area (Å²) < 4.78 is 0. The molecule has 0 aromatic carbocycles. The van der Waals surface area contributed by atoms with E-state index in [1.807, 2.05) is 0 Å². The molecule has 102 valence electrons. The molecule has 1 saturated heterocycles. The Labute approximate surface area is 112 Å². The van der Waals surface area contributed by atoms with E-state index in [-0.39, 0.29) is 0 Å². The first-order valence-corrected chi connectivity index (χ1v) is 8.03. The van der Waals surface area contributed by atoms with Crippen molar-refractivity contribution in [3.05, 3.63) is 0 Å². The monoisotopic (exact) mass is 258 g/mol. The lowest BCUT2D eigenvalue weighted by Gasteiger charge is -2.38. The Morgan fingerprint density at radius 2 is 1.76 bits per heavy atom. The summed E-state index contributed by atoms with van der Waals surface area (Å²) in [4.78, 5) is 2.67. The van der Waals surface area contributed by atoms with Crippen molar-refractivity contribution in [2.75, 3.05) is 26.2 Å². The molecule has 3 unspecified atom stereocenters. The summed E-state index contributed by atoms with van der Waals surface area (Å²) in [5, 5.41) is 5.14. The van der Waals surface area contributed by atoms with Crippen molar-refractivity contribution in [1.82, 2.24) is 10.2 Å². The van der Waals surface area contributed by atoms with Gasteiger partial charge in [0.15, 0.2) is 0 Å². The molecule has 2 nitrogen and oxygen atoms in total. The molecule has 3 atom stereocenters. The second-order valence-corrected chi connectivity index (χ2v) is 7.83. The Hall–Kier alpha value is 0.270. The largest absolute Gasteiger partial charge is 0.316 e. The van der Waals surface area contributed by atoms with E-state index in [1.54, 1.807) is 0 Å². The van der Waals surface area contributed by atoms with Crippen LogP contribution in [0, 0.1) is 5.92 Å². The second kappa shape index (κ2) is 7.65. The van der Waals surface area contributed by atoms with Gasteiger partial charge in [0.05, 0.1) is 0 Å². The molecular weight excluding hydrogens is 228 g/mol. The summed E-state index contributed by atoms with van der Waals surface area (Å²) in [6.07, 6.45) is 1.27. The standard InChI is InChI=1S/C14H30N2S/c1-11(2)8-15-7-6-12(3)16-9-13(4)17-14(5)10-16/h11-15H,6-10H2,1-5H3. The molecule has 0 amide bonds. The van der Waals surface area contributed by atoms with Crippen LogP contribution in [0.3, 0.4) is 0 Å². The third kappa shape index (κ3) is 6.12. The molecule has 1 N–H and O–H groups in total. The van der Waals surface area contributed by atoms with Gasteiger partial charge in [-0.3, -0.25) is 4.90 Å². The van der Waals surface area contributed by atoms with Gasteiger partial charge in [0.1, 0.15) is 0 Å². The van der Waals surface area contributed by atoms with Crippen LogP contribution >= 0.6 is 11.8 Å². The Bertz CT molecular complexity index is 198. The number of hydrogen-bond donors (Lipinski definition) is 1. The lowest BCUT2D eigenvalue weighted by molar-refractivity contribution is 0.196. The van der Waals surface area contributed by atoms with E-state index in [2.05, 4.69) is 56.6 Å². The van der Waals surface area contributed by atoms with E-state index in [4.69, 9.17) is 0 Å². The van der Waals surface area contributed by atoms with Crippen LogP contribution in [0.1, 0.15) is 41.0 Å². The Kier molecular flexibility index (Phi) is 6.90. The SMILES string of the molecule is CC(C)CNCCC(C)N1CC(C)SC(C)C1. The van der Waals surface area contributed by atoms with E-state index in [0.29, 0.717) is 0 Å². The minimum atomic E-state index is 0.723. The van der Waals surface area contributed by atoms with Gasteiger partial charge in [0, 0.05) is 29.6 Å². The molecule has 1 aliphatic heterocycles. The molecule has 1 aliphatic rings. The van der Waals surface area contributed by atoms with Gasteiger partial charge in [-0.2, -0.15) is 11.8 Å². The Morgan fingerprint density at radius 1 is 1.18 bits per heavy atom. The molecule has 0 bridgehead atoms. The van der Waals surface area contributed by atoms with Crippen molar-refractivity contribution in [2.24, 2.45) is 5.92 Å². The number of nitrogens with one attached hydrogen (secondary N) is 1. The van der Waals surface area contributed by atoms with Crippen molar-refractivity contribution in [3.8, 4) is 0 Å². The van der Waals surface area contributed by atoms with Gasteiger partial charge in [-0.25, -0.2) is 0 Å². The summed E-state index contributed by atoms with van der Waals surface area (Å²) in [7, 11) is 0. The van der Waals surface area contributed by atoms with Crippen LogP contribution in [-0.4, -0.2) is 47.6 Å². The summed E-state index contributed by atoms with van der Waals surface area (Å²) >= 11 is 2.14. The van der Waals surface area contributed by atoms with Crippen molar-refractivity contribution >= 4 is 11.8 Å². The molecular formula is C14H30N2S. The first kappa shape index (κ1) is 15.3. The van der Waals surface area contributed by atoms with E-state index in [9.17, 15) is 0 Å². The van der Waals surface area contributed by atoms with Gasteiger partial charge in [0.25, 0.3) is 0 Å². The average Bonchev–Trinajstić information content (AvgIpc) is 2.22. The number of rotatable bonds is 6. The summed E-state index contributed by atoms with van der Waals surface area (Å²) in [6.45, 7) is 16.5. The van der Waals surface area contributed by atoms with Crippen LogP contribution in [0.4, 0.5) is 0 Å². The van der Waals surface area contributed by atoms with Gasteiger partial charge in [-0.1, -0.05) is 27.7 Å². The quantitative estimate of drug-likeness (QED) is 0.738. The Morgan fingerprint density at radius 3 is 2.29 bits per heavy atom. The van der Waals surface area contributed by atoms with Crippen LogP contribution in [0.25, 0.3) is 0 Å². The highest BCUT2D eigenvalue weighted by atomic mass is 32.2. The maximum Gasteiger partial charge on any atom is 0.0149 e. The maximum absolute atomic E-state index is 3.55. The molecule has 0 radical (unpaired) electrons. The zero-order valence-electron chi connectivity index (χ0n) is 12.2. The average molecular weight is 258 g/mol. The van der Waals surface area contributed by atoms with Crippen LogP contribution in [0.2, 0.25) is 0 Å². The fourth-order valence-electron chi connectivity index (χ4n) is 2.46. The van der Waals surface area contributed by atoms with Crippen molar-refractivity contribution < 1.29 is 0 Å². The molecule has 1 fully saturated rings. The molecule has 0 spiro atoms. The van der Waals surface area contributed by atoms with E-state index in [1.165, 1.54) is 19.5 Å². The predicted octanol–water partition coefficient (Wildman–Crippen LogP) is 2.84. The fourth-order valence-corrected chi connectivity index (χ4v) is 3.81. The fraction of sp³-hybridized carbons (Fsp3) is 1.00. The smallest absolute Gasteiger partial charge is 0.0149 e. The first-order valence-electron chi connectivity index (χ1n) is 7.09. The number of hydrogen-bond acceptors (Lipinski definition) is 3. The highest BCUT2D eigenvalue weighted by Gasteiger charge is 2.25. The van der Waals surface area contributed by atoms with Gasteiger partial charge in [-0.05, 0) is 32.4 Å². The predicted molar refractivity (Wildman–Crippen MR) is 79.9 cm³/mol. The van der Waals surface area contributed by atoms with Crippen molar-refractivity contribution in [3.63, 3.8) is 0 Å². The molecule has 3 heteroatoms. The van der Waals surface area contributed by atoms with E-state index >= 15 is 0 Å². The van der Waals surface area contributed by atoms with E-state index < -0.39 is 0 Å². The van der Waals surface area contributed by atoms with Gasteiger partial charge >= 0.3 is 0 Å². The second-order valence-electron chi connectivity index (χ2n) is 5.95. The zero-order valence-corrected chi connectivity index (χ0v) is 13.0. The maximum atomic E-state index is 3.55. The van der Waals surface area contributed by atoms with Crippen molar-refractivity contribution in [2.45, 2.75) is 57.6 Å². The van der Waals surface area contributed by atoms with Crippen LogP contribution < -0.4 is 5.32 Å². The minimum absolute atomic E-state index is 0.723.